The summed E-state index contributed by atoms with van der Waals surface area (Å²) in [5.74, 6) is -4.97. The maximum Gasteiger partial charge on any atom is 0.419 e. The van der Waals surface area contributed by atoms with Crippen LogP contribution >= 0.6 is 0 Å². The number of halogens is 9. The number of benzene rings is 1. The first-order valence-electron chi connectivity index (χ1n) is 8.78. The van der Waals surface area contributed by atoms with Crippen LogP contribution in [-0.4, -0.2) is 22.9 Å². The number of aromatic nitrogens is 1. The minimum atomic E-state index is -5.53. The van der Waals surface area contributed by atoms with E-state index >= 15 is 0 Å². The van der Waals surface area contributed by atoms with Crippen LogP contribution in [0.4, 0.5) is 39.5 Å². The van der Waals surface area contributed by atoms with Crippen molar-refractivity contribution in [3.8, 4) is 0 Å². The average Bonchev–Trinajstić information content (AvgIpc) is 2.71. The highest BCUT2D eigenvalue weighted by Crippen LogP contribution is 2.44. The molecule has 1 aromatic heterocycles. The normalized spacial score (nSPS) is 14.0. The van der Waals surface area contributed by atoms with Crippen LogP contribution in [0, 0.1) is 5.82 Å². The summed E-state index contributed by atoms with van der Waals surface area (Å²) in [5, 5.41) is 1.45. The summed E-state index contributed by atoms with van der Waals surface area (Å²) in [7, 11) is 0. The van der Waals surface area contributed by atoms with Crippen molar-refractivity contribution < 1.29 is 49.1 Å². The number of ketones is 1. The first-order valence-corrected chi connectivity index (χ1v) is 8.78. The monoisotopic (exact) mass is 484 g/mol. The lowest BCUT2D eigenvalue weighted by atomic mass is 9.82. The second kappa shape index (κ2) is 9.24. The molecule has 178 valence electrons. The Balaban J connectivity index is 2.64. The smallest absolute Gasteiger partial charge is 0.334 e. The van der Waals surface area contributed by atoms with Crippen LogP contribution in [0.2, 0.25) is 0 Å². The van der Waals surface area contributed by atoms with Gasteiger partial charge in [0.2, 0.25) is 5.91 Å². The highest BCUT2D eigenvalue weighted by Gasteiger charge is 2.58. The molecule has 0 aliphatic carbocycles. The van der Waals surface area contributed by atoms with E-state index < -0.39 is 70.6 Å². The van der Waals surface area contributed by atoms with Crippen LogP contribution in [-0.2, 0) is 16.5 Å². The van der Waals surface area contributed by atoms with Gasteiger partial charge in [0.25, 0.3) is 6.43 Å². The van der Waals surface area contributed by atoms with Gasteiger partial charge < -0.3 is 5.32 Å². The maximum atomic E-state index is 14.2. The average molecular weight is 484 g/mol. The van der Waals surface area contributed by atoms with Crippen LogP contribution in [0.15, 0.2) is 49.2 Å². The van der Waals surface area contributed by atoms with Crippen molar-refractivity contribution in [2.45, 2.75) is 30.7 Å². The summed E-state index contributed by atoms with van der Waals surface area (Å²) >= 11 is 0. The van der Waals surface area contributed by atoms with Gasteiger partial charge in [-0.25, -0.2) is 13.2 Å². The fraction of sp³-hybridized carbons (Fsp3) is 0.250. The minimum absolute atomic E-state index is 0.0331. The fourth-order valence-corrected chi connectivity index (χ4v) is 2.86. The van der Waals surface area contributed by atoms with Crippen molar-refractivity contribution in [3.05, 3.63) is 77.4 Å². The van der Waals surface area contributed by atoms with E-state index in [2.05, 4.69) is 11.6 Å². The molecule has 1 atom stereocenters. The number of Topliss-reactive ketones (excluding diaryl/α,β-unsaturated/α-hetero) is 1. The quantitative estimate of drug-likeness (QED) is 0.320. The molecular weight excluding hydrogens is 471 g/mol. The number of hydrogen-bond donors (Lipinski definition) is 1. The Bertz CT molecular complexity index is 1050. The molecule has 1 unspecified atom stereocenters. The van der Waals surface area contributed by atoms with Gasteiger partial charge in [-0.05, 0) is 35.9 Å². The van der Waals surface area contributed by atoms with E-state index in [-0.39, 0.29) is 18.2 Å². The lowest BCUT2D eigenvalue weighted by Crippen LogP contribution is -2.57. The predicted molar refractivity (Wildman–Crippen MR) is 95.6 cm³/mol. The van der Waals surface area contributed by atoms with Crippen LogP contribution in [0.1, 0.15) is 40.0 Å². The van der Waals surface area contributed by atoms with Gasteiger partial charge in [0.1, 0.15) is 11.5 Å². The third kappa shape index (κ3) is 5.52. The number of amides is 1. The maximum absolute atomic E-state index is 14.2. The van der Waals surface area contributed by atoms with Crippen LogP contribution in [0.3, 0.4) is 0 Å². The highest BCUT2D eigenvalue weighted by atomic mass is 19.4. The second-order valence-corrected chi connectivity index (χ2v) is 6.67. The molecule has 0 saturated carbocycles. The van der Waals surface area contributed by atoms with E-state index in [0.717, 1.165) is 6.07 Å². The van der Waals surface area contributed by atoms with Crippen LogP contribution < -0.4 is 5.32 Å². The van der Waals surface area contributed by atoms with Crippen LogP contribution in [0.25, 0.3) is 0 Å². The second-order valence-electron chi connectivity index (χ2n) is 6.67. The zero-order chi connectivity index (χ0) is 25.2. The molecular formula is C20H13F9N2O2. The lowest BCUT2D eigenvalue weighted by molar-refractivity contribution is -0.201. The van der Waals surface area contributed by atoms with Crippen molar-refractivity contribution in [2.24, 2.45) is 0 Å². The van der Waals surface area contributed by atoms with Crippen molar-refractivity contribution in [2.75, 3.05) is 0 Å². The zero-order valence-corrected chi connectivity index (χ0v) is 16.2. The number of carbonyl (C=O) groups excluding carboxylic acids is 2. The van der Waals surface area contributed by atoms with Crippen molar-refractivity contribution >= 4 is 11.7 Å². The summed E-state index contributed by atoms with van der Waals surface area (Å²) in [5.41, 5.74) is -8.10. The number of pyridine rings is 1. The number of nitrogens with zero attached hydrogens (tertiary/aromatic N) is 1. The van der Waals surface area contributed by atoms with E-state index in [4.69, 9.17) is 0 Å². The minimum Gasteiger partial charge on any atom is -0.334 e. The number of alkyl halides is 8. The standard InChI is InChI=1S/C20H13F9N2O2/c1-2-16(33)31-18(20(27,28)29,11-4-5-12(13(21)7-11)19(24,25)26)8-15(32)14-6-3-10(9-30-14)17(22)23/h2-7,9,17H,1,8H2,(H,31,33). The first kappa shape index (κ1) is 25.9. The Hall–Kier alpha value is -3.38. The lowest BCUT2D eigenvalue weighted by Gasteiger charge is -2.36. The molecule has 0 aliphatic rings. The number of rotatable bonds is 7. The summed E-state index contributed by atoms with van der Waals surface area (Å²) in [6.07, 6.45) is -14.4. The SMILES string of the molecule is C=CC(=O)NC(CC(=O)c1ccc(C(F)F)cn1)(c1ccc(C(F)(F)F)c(F)c1)C(F)(F)F. The van der Waals surface area contributed by atoms with Crippen molar-refractivity contribution in [3.63, 3.8) is 0 Å². The number of nitrogens with one attached hydrogen (secondary N) is 1. The van der Waals surface area contributed by atoms with Crippen molar-refractivity contribution in [1.82, 2.24) is 10.3 Å². The first-order chi connectivity index (χ1) is 15.1. The molecule has 1 aromatic carbocycles. The summed E-state index contributed by atoms with van der Waals surface area (Å²) in [6.45, 7) is 2.98. The molecule has 2 rings (SSSR count). The van der Waals surface area contributed by atoms with E-state index in [1.54, 1.807) is 0 Å². The van der Waals surface area contributed by atoms with Gasteiger partial charge in [-0.2, -0.15) is 26.3 Å². The molecule has 33 heavy (non-hydrogen) atoms. The Morgan fingerprint density at radius 1 is 1.06 bits per heavy atom. The Morgan fingerprint density at radius 3 is 2.12 bits per heavy atom. The summed E-state index contributed by atoms with van der Waals surface area (Å²) in [4.78, 5) is 27.7. The van der Waals surface area contributed by atoms with Gasteiger partial charge >= 0.3 is 12.4 Å². The molecule has 0 saturated heterocycles. The zero-order valence-electron chi connectivity index (χ0n) is 16.2. The molecule has 1 N–H and O–H groups in total. The molecule has 0 radical (unpaired) electrons. The number of carbonyl (C=O) groups is 2. The third-order valence-electron chi connectivity index (χ3n) is 4.52. The van der Waals surface area contributed by atoms with Crippen LogP contribution in [0.5, 0.6) is 0 Å². The van der Waals surface area contributed by atoms with Gasteiger partial charge in [-0.15, -0.1) is 0 Å². The molecule has 0 spiro atoms. The van der Waals surface area contributed by atoms with E-state index in [1.165, 1.54) is 5.32 Å². The van der Waals surface area contributed by atoms with E-state index in [0.29, 0.717) is 18.3 Å². The van der Waals surface area contributed by atoms with Crippen molar-refractivity contribution in [1.29, 1.82) is 0 Å². The van der Waals surface area contributed by atoms with E-state index in [9.17, 15) is 49.1 Å². The largest absolute Gasteiger partial charge is 0.419 e. The summed E-state index contributed by atoms with van der Waals surface area (Å²) in [6, 6.07) is 1.66. The Kier molecular flexibility index (Phi) is 7.24. The molecule has 1 amide bonds. The molecule has 0 fully saturated rings. The Labute approximate surface area is 180 Å². The molecule has 0 bridgehead atoms. The predicted octanol–water partition coefficient (Wildman–Crippen LogP) is 5.51. The highest BCUT2D eigenvalue weighted by molar-refractivity contribution is 5.96. The third-order valence-corrected chi connectivity index (χ3v) is 4.52. The molecule has 13 heteroatoms. The molecule has 4 nitrogen and oxygen atoms in total. The van der Waals surface area contributed by atoms with Gasteiger partial charge in [0, 0.05) is 18.2 Å². The number of hydrogen-bond acceptors (Lipinski definition) is 3. The van der Waals surface area contributed by atoms with Gasteiger partial charge in [0.05, 0.1) is 5.56 Å². The van der Waals surface area contributed by atoms with Gasteiger partial charge in [-0.3, -0.25) is 14.6 Å². The van der Waals surface area contributed by atoms with E-state index in [1.807, 2.05) is 0 Å². The topological polar surface area (TPSA) is 59.1 Å². The van der Waals surface area contributed by atoms with Gasteiger partial charge in [-0.1, -0.05) is 12.6 Å². The molecule has 1 heterocycles. The molecule has 2 aromatic rings. The summed E-state index contributed by atoms with van der Waals surface area (Å²) < 4.78 is 120. The van der Waals surface area contributed by atoms with Gasteiger partial charge in [0.15, 0.2) is 11.3 Å². The fourth-order valence-electron chi connectivity index (χ4n) is 2.86. The molecule has 0 aliphatic heterocycles. The Morgan fingerprint density at radius 2 is 1.70 bits per heavy atom.